The van der Waals surface area contributed by atoms with Crippen LogP contribution >= 0.6 is 15.9 Å². The Balaban J connectivity index is 2.16. The van der Waals surface area contributed by atoms with Gasteiger partial charge in [0.25, 0.3) is 11.2 Å². The van der Waals surface area contributed by atoms with E-state index in [1.165, 1.54) is 29.1 Å². The summed E-state index contributed by atoms with van der Waals surface area (Å²) < 4.78 is 7.75. The molecule has 0 saturated carbocycles. The molecule has 0 radical (unpaired) electrons. The number of hydrogen-bond donors (Lipinski definition) is 0. The molecule has 0 N–H and O–H groups in total. The third kappa shape index (κ3) is 4.73. The van der Waals surface area contributed by atoms with Gasteiger partial charge < -0.3 is 4.74 Å². The standard InChI is InChI=1S/C21H21BrN4O4/c1-4-5-20-24-18-8-6-15(22)11-17(18)21(27)25(20)23-12-14-10-16(26(28)29)7-9-19(14)30-13(2)3/h6-13H,4-5H2,1-3H3. The normalized spacial score (nSPS) is 11.5. The van der Waals surface area contributed by atoms with Crippen LogP contribution in [0.4, 0.5) is 5.69 Å². The Labute approximate surface area is 181 Å². The number of nitro benzene ring substituents is 1. The number of rotatable bonds is 7. The van der Waals surface area contributed by atoms with Gasteiger partial charge in [0.15, 0.2) is 0 Å². The van der Waals surface area contributed by atoms with Gasteiger partial charge in [0, 0.05) is 28.6 Å². The molecule has 30 heavy (non-hydrogen) atoms. The molecule has 0 aliphatic rings. The number of ether oxygens (including phenoxy) is 1. The van der Waals surface area contributed by atoms with Gasteiger partial charge in [-0.3, -0.25) is 14.9 Å². The number of nitro groups is 1. The minimum Gasteiger partial charge on any atom is -0.490 e. The highest BCUT2D eigenvalue weighted by atomic mass is 79.9. The maximum Gasteiger partial charge on any atom is 0.282 e. The van der Waals surface area contributed by atoms with E-state index in [0.29, 0.717) is 34.5 Å². The lowest BCUT2D eigenvalue weighted by molar-refractivity contribution is -0.384. The van der Waals surface area contributed by atoms with E-state index in [0.717, 1.165) is 10.9 Å². The smallest absolute Gasteiger partial charge is 0.282 e. The lowest BCUT2D eigenvalue weighted by atomic mass is 10.2. The third-order valence-corrected chi connectivity index (χ3v) is 4.72. The Morgan fingerprint density at radius 2 is 2.07 bits per heavy atom. The number of halogens is 1. The molecule has 8 nitrogen and oxygen atoms in total. The van der Waals surface area contributed by atoms with Crippen LogP contribution in [0.15, 0.2) is 50.8 Å². The van der Waals surface area contributed by atoms with Crippen molar-refractivity contribution in [2.45, 2.75) is 39.7 Å². The zero-order chi connectivity index (χ0) is 21.8. The number of hydrogen-bond acceptors (Lipinski definition) is 6. The molecule has 0 spiro atoms. The lowest BCUT2D eigenvalue weighted by Crippen LogP contribution is -2.22. The van der Waals surface area contributed by atoms with Crippen molar-refractivity contribution in [3.8, 4) is 5.75 Å². The highest BCUT2D eigenvalue weighted by Crippen LogP contribution is 2.24. The molecule has 9 heteroatoms. The summed E-state index contributed by atoms with van der Waals surface area (Å²) in [6.07, 6.45) is 2.61. The first-order valence-corrected chi connectivity index (χ1v) is 10.3. The molecular weight excluding hydrogens is 452 g/mol. The van der Waals surface area contributed by atoms with E-state index >= 15 is 0 Å². The van der Waals surface area contributed by atoms with Crippen LogP contribution in [-0.4, -0.2) is 26.9 Å². The average molecular weight is 473 g/mol. The second-order valence-corrected chi connectivity index (χ2v) is 7.86. The molecule has 0 aliphatic carbocycles. The maximum atomic E-state index is 13.1. The van der Waals surface area contributed by atoms with Gasteiger partial charge in [-0.05, 0) is 44.5 Å². The van der Waals surface area contributed by atoms with Crippen LogP contribution in [0.1, 0.15) is 38.6 Å². The number of non-ortho nitro benzene ring substituents is 1. The van der Waals surface area contributed by atoms with Gasteiger partial charge in [-0.15, -0.1) is 0 Å². The number of benzene rings is 2. The number of aromatic nitrogens is 2. The molecule has 3 rings (SSSR count). The van der Waals surface area contributed by atoms with E-state index < -0.39 is 4.92 Å². The molecule has 0 amide bonds. The summed E-state index contributed by atoms with van der Waals surface area (Å²) in [7, 11) is 0. The van der Waals surface area contributed by atoms with Crippen LogP contribution in [0.5, 0.6) is 5.75 Å². The quantitative estimate of drug-likeness (QED) is 0.282. The van der Waals surface area contributed by atoms with Crippen LogP contribution in [0.2, 0.25) is 0 Å². The Morgan fingerprint density at radius 3 is 2.73 bits per heavy atom. The average Bonchev–Trinajstić information content (AvgIpc) is 2.69. The molecule has 3 aromatic rings. The Morgan fingerprint density at radius 1 is 1.30 bits per heavy atom. The van der Waals surface area contributed by atoms with Gasteiger partial charge in [0.05, 0.1) is 28.1 Å². The molecule has 0 saturated heterocycles. The van der Waals surface area contributed by atoms with Crippen molar-refractivity contribution in [1.29, 1.82) is 0 Å². The third-order valence-electron chi connectivity index (χ3n) is 4.23. The predicted molar refractivity (Wildman–Crippen MR) is 120 cm³/mol. The molecule has 1 aromatic heterocycles. The minimum atomic E-state index is -0.486. The van der Waals surface area contributed by atoms with Gasteiger partial charge in [-0.25, -0.2) is 4.98 Å². The summed E-state index contributed by atoms with van der Waals surface area (Å²) in [4.78, 5) is 28.4. The lowest BCUT2D eigenvalue weighted by Gasteiger charge is -2.12. The highest BCUT2D eigenvalue weighted by Gasteiger charge is 2.14. The summed E-state index contributed by atoms with van der Waals surface area (Å²) in [5.74, 6) is 0.964. The molecular formula is C21H21BrN4O4. The molecule has 0 bridgehead atoms. The first-order valence-electron chi connectivity index (χ1n) is 9.50. The van der Waals surface area contributed by atoms with Crippen LogP contribution in [-0.2, 0) is 6.42 Å². The van der Waals surface area contributed by atoms with Crippen LogP contribution < -0.4 is 10.3 Å². The fourth-order valence-corrected chi connectivity index (χ4v) is 3.29. The summed E-state index contributed by atoms with van der Waals surface area (Å²) in [5.41, 5.74) is 0.603. The van der Waals surface area contributed by atoms with Crippen LogP contribution in [0.3, 0.4) is 0 Å². The highest BCUT2D eigenvalue weighted by molar-refractivity contribution is 9.10. The van der Waals surface area contributed by atoms with Crippen molar-refractivity contribution in [3.63, 3.8) is 0 Å². The van der Waals surface area contributed by atoms with Crippen LogP contribution in [0.25, 0.3) is 10.9 Å². The van der Waals surface area contributed by atoms with Crippen molar-refractivity contribution < 1.29 is 9.66 Å². The molecule has 1 heterocycles. The molecule has 2 aromatic carbocycles. The van der Waals surface area contributed by atoms with E-state index in [9.17, 15) is 14.9 Å². The summed E-state index contributed by atoms with van der Waals surface area (Å²) in [5, 5.41) is 16.0. The molecule has 0 atom stereocenters. The SMILES string of the molecule is CCCc1nc2ccc(Br)cc2c(=O)n1N=Cc1cc([N+](=O)[O-])ccc1OC(C)C. The van der Waals surface area contributed by atoms with Gasteiger partial charge in [0.1, 0.15) is 11.6 Å². The zero-order valence-corrected chi connectivity index (χ0v) is 18.4. The second kappa shape index (κ2) is 9.17. The first kappa shape index (κ1) is 21.6. The maximum absolute atomic E-state index is 13.1. The van der Waals surface area contributed by atoms with Gasteiger partial charge in [0.2, 0.25) is 0 Å². The van der Waals surface area contributed by atoms with E-state index in [1.807, 2.05) is 26.8 Å². The minimum absolute atomic E-state index is 0.0887. The van der Waals surface area contributed by atoms with Crippen molar-refractivity contribution in [3.05, 3.63) is 72.7 Å². The Hall–Kier alpha value is -3.07. The van der Waals surface area contributed by atoms with E-state index in [-0.39, 0.29) is 17.4 Å². The van der Waals surface area contributed by atoms with Crippen molar-refractivity contribution in [2.75, 3.05) is 0 Å². The molecule has 0 unspecified atom stereocenters. The fourth-order valence-electron chi connectivity index (χ4n) is 2.93. The van der Waals surface area contributed by atoms with E-state index in [2.05, 4.69) is 26.0 Å². The number of aryl methyl sites for hydroxylation is 1. The Bertz CT molecular complexity index is 1190. The second-order valence-electron chi connectivity index (χ2n) is 6.95. The van der Waals surface area contributed by atoms with E-state index in [1.54, 1.807) is 12.1 Å². The first-order chi connectivity index (χ1) is 14.3. The number of nitrogens with zero attached hydrogens (tertiary/aromatic N) is 4. The molecule has 156 valence electrons. The predicted octanol–water partition coefficient (Wildman–Crippen LogP) is 4.69. The summed E-state index contributed by atoms with van der Waals surface area (Å²) in [6, 6.07) is 9.59. The summed E-state index contributed by atoms with van der Waals surface area (Å²) >= 11 is 3.38. The van der Waals surface area contributed by atoms with Crippen molar-refractivity contribution in [2.24, 2.45) is 5.10 Å². The van der Waals surface area contributed by atoms with Gasteiger partial charge >= 0.3 is 0 Å². The van der Waals surface area contributed by atoms with Crippen molar-refractivity contribution >= 4 is 38.7 Å². The fraction of sp³-hybridized carbons (Fsp3) is 0.286. The molecule has 0 fully saturated rings. The summed E-state index contributed by atoms with van der Waals surface area (Å²) in [6.45, 7) is 5.70. The van der Waals surface area contributed by atoms with Gasteiger partial charge in [-0.1, -0.05) is 22.9 Å². The zero-order valence-electron chi connectivity index (χ0n) is 16.8. The van der Waals surface area contributed by atoms with Crippen LogP contribution in [0, 0.1) is 10.1 Å². The van der Waals surface area contributed by atoms with Crippen molar-refractivity contribution in [1.82, 2.24) is 9.66 Å². The molecule has 0 aliphatic heterocycles. The number of fused-ring (bicyclic) bond motifs is 1. The Kier molecular flexibility index (Phi) is 6.61. The van der Waals surface area contributed by atoms with Gasteiger partial charge in [-0.2, -0.15) is 9.78 Å². The van der Waals surface area contributed by atoms with E-state index in [4.69, 9.17) is 4.74 Å². The largest absolute Gasteiger partial charge is 0.490 e. The topological polar surface area (TPSA) is 99.6 Å². The monoisotopic (exact) mass is 472 g/mol.